The van der Waals surface area contributed by atoms with Gasteiger partial charge in [0.05, 0.1) is 10.6 Å². The Labute approximate surface area is 226 Å². The molecule has 0 aliphatic carbocycles. The third-order valence-electron chi connectivity index (χ3n) is 4.18. The number of amides is 3. The van der Waals surface area contributed by atoms with Crippen molar-refractivity contribution in [1.82, 2.24) is 21.1 Å². The molecule has 0 bridgehead atoms. The number of hydrogen-bond acceptors (Lipinski definition) is 8. The molecular formula is C25H37ClFN5O6. The van der Waals surface area contributed by atoms with Gasteiger partial charge in [-0.1, -0.05) is 22.8 Å². The molecule has 0 aliphatic rings. The summed E-state index contributed by atoms with van der Waals surface area (Å²) in [6.07, 6.45) is -1.00. The van der Waals surface area contributed by atoms with Gasteiger partial charge in [-0.15, -0.1) is 0 Å². The first-order valence-electron chi connectivity index (χ1n) is 11.9. The lowest BCUT2D eigenvalue weighted by Gasteiger charge is -2.19. The Morgan fingerprint density at radius 3 is 2.00 bits per heavy atom. The fourth-order valence-electron chi connectivity index (χ4n) is 2.77. The molecule has 0 radical (unpaired) electrons. The van der Waals surface area contributed by atoms with Crippen LogP contribution in [0.4, 0.5) is 14.0 Å². The van der Waals surface area contributed by atoms with Crippen molar-refractivity contribution < 1.29 is 32.8 Å². The van der Waals surface area contributed by atoms with Gasteiger partial charge in [-0.3, -0.25) is 4.79 Å². The van der Waals surface area contributed by atoms with E-state index >= 15 is 0 Å². The van der Waals surface area contributed by atoms with Crippen LogP contribution in [0.15, 0.2) is 22.7 Å². The Hall–Kier alpha value is -3.38. The highest BCUT2D eigenvalue weighted by atomic mass is 35.5. The first-order chi connectivity index (χ1) is 17.6. The minimum absolute atomic E-state index is 0.00644. The predicted molar refractivity (Wildman–Crippen MR) is 142 cm³/mol. The molecule has 0 saturated carbocycles. The van der Waals surface area contributed by atoms with Gasteiger partial charge >= 0.3 is 12.2 Å². The smallest absolute Gasteiger partial charge is 0.407 e. The van der Waals surface area contributed by atoms with E-state index in [0.29, 0.717) is 13.1 Å². The van der Waals surface area contributed by atoms with Crippen molar-refractivity contribution in [2.24, 2.45) is 5.73 Å². The van der Waals surface area contributed by atoms with Gasteiger partial charge in [0.15, 0.2) is 0 Å². The SMILES string of the molecule is CC(C)(C)OC(=O)NCCN.Cc1onc(-c2c(F)cccc2Cl)c1C(=O)NCCNC(=O)OC(C)(C)C. The quantitative estimate of drug-likeness (QED) is 0.369. The summed E-state index contributed by atoms with van der Waals surface area (Å²) in [6.45, 7) is 13.4. The van der Waals surface area contributed by atoms with E-state index in [1.54, 1.807) is 27.7 Å². The van der Waals surface area contributed by atoms with Crippen molar-refractivity contribution in [3.63, 3.8) is 0 Å². The van der Waals surface area contributed by atoms with Gasteiger partial charge in [-0.05, 0) is 60.6 Å². The van der Waals surface area contributed by atoms with Crippen molar-refractivity contribution in [1.29, 1.82) is 0 Å². The summed E-state index contributed by atoms with van der Waals surface area (Å²) < 4.78 is 29.2. The topological polar surface area (TPSA) is 158 Å². The first kappa shape index (κ1) is 32.6. The van der Waals surface area contributed by atoms with Crippen LogP contribution in [-0.2, 0) is 9.47 Å². The fourth-order valence-corrected chi connectivity index (χ4v) is 3.02. The van der Waals surface area contributed by atoms with Crippen molar-refractivity contribution in [2.75, 3.05) is 26.2 Å². The Kier molecular flexibility index (Phi) is 12.5. The number of benzene rings is 1. The summed E-state index contributed by atoms with van der Waals surface area (Å²) in [6, 6.07) is 4.17. The lowest BCUT2D eigenvalue weighted by Crippen LogP contribution is -2.38. The monoisotopic (exact) mass is 557 g/mol. The number of ether oxygens (including phenoxy) is 2. The standard InChI is InChI=1S/C18H21ClFN3O4.C7H16N2O2/c1-10-13(15(23-27-10)14-11(19)6-5-7-12(14)20)16(24)21-8-9-22-17(25)26-18(2,3)4;1-7(2,3)11-6(10)9-5-4-8/h5-7H,8-9H2,1-4H3,(H,21,24)(H,22,25);4-5,8H2,1-3H3,(H,9,10). The van der Waals surface area contributed by atoms with E-state index in [1.807, 2.05) is 20.8 Å². The maximum atomic E-state index is 14.2. The molecule has 0 atom stereocenters. The summed E-state index contributed by atoms with van der Waals surface area (Å²) >= 11 is 6.05. The normalized spacial score (nSPS) is 11.1. The van der Waals surface area contributed by atoms with Crippen molar-refractivity contribution in [3.8, 4) is 11.3 Å². The van der Waals surface area contributed by atoms with Gasteiger partial charge in [0.25, 0.3) is 5.91 Å². The van der Waals surface area contributed by atoms with E-state index in [0.717, 1.165) is 0 Å². The molecule has 3 amide bonds. The van der Waals surface area contributed by atoms with Crippen LogP contribution in [0.25, 0.3) is 11.3 Å². The molecule has 2 rings (SSSR count). The van der Waals surface area contributed by atoms with Crippen molar-refractivity contribution in [2.45, 2.75) is 59.7 Å². The molecule has 2 aromatic rings. The molecule has 0 spiro atoms. The summed E-state index contributed by atoms with van der Waals surface area (Å²) in [5.41, 5.74) is 4.23. The minimum Gasteiger partial charge on any atom is -0.444 e. The van der Waals surface area contributed by atoms with Crippen LogP contribution in [-0.4, -0.2) is 60.6 Å². The molecule has 1 heterocycles. The average molecular weight is 558 g/mol. The Morgan fingerprint density at radius 1 is 0.974 bits per heavy atom. The molecule has 1 aromatic heterocycles. The molecular weight excluding hydrogens is 521 g/mol. The van der Waals surface area contributed by atoms with Gasteiger partial charge in [0.2, 0.25) is 0 Å². The number of nitrogens with two attached hydrogens (primary N) is 1. The van der Waals surface area contributed by atoms with E-state index < -0.39 is 35.1 Å². The van der Waals surface area contributed by atoms with E-state index in [4.69, 9.17) is 31.3 Å². The number of hydrogen-bond donors (Lipinski definition) is 4. The maximum absolute atomic E-state index is 14.2. The Bertz CT molecular complexity index is 1070. The molecule has 13 heteroatoms. The molecule has 212 valence electrons. The number of carbonyl (C=O) groups is 3. The summed E-state index contributed by atoms with van der Waals surface area (Å²) in [5.74, 6) is -0.910. The summed E-state index contributed by atoms with van der Waals surface area (Å²) in [5, 5.41) is 11.5. The number of nitrogens with zero attached hydrogens (tertiary/aromatic N) is 1. The number of nitrogens with one attached hydrogen (secondary N) is 3. The van der Waals surface area contributed by atoms with Crippen LogP contribution in [0.1, 0.15) is 57.7 Å². The van der Waals surface area contributed by atoms with Crippen LogP contribution < -0.4 is 21.7 Å². The lowest BCUT2D eigenvalue weighted by molar-refractivity contribution is 0.0517. The zero-order valence-corrected chi connectivity index (χ0v) is 23.5. The van der Waals surface area contributed by atoms with Crippen LogP contribution >= 0.6 is 11.6 Å². The average Bonchev–Trinajstić information content (AvgIpc) is 3.14. The minimum atomic E-state index is -0.614. The highest BCUT2D eigenvalue weighted by Crippen LogP contribution is 2.33. The number of carbonyl (C=O) groups excluding carboxylic acids is 3. The zero-order valence-electron chi connectivity index (χ0n) is 22.8. The van der Waals surface area contributed by atoms with E-state index in [-0.39, 0.29) is 40.7 Å². The van der Waals surface area contributed by atoms with E-state index in [9.17, 15) is 18.8 Å². The fraction of sp³-hybridized carbons (Fsp3) is 0.520. The molecule has 11 nitrogen and oxygen atoms in total. The third kappa shape index (κ3) is 11.8. The van der Waals surface area contributed by atoms with Gasteiger partial charge in [0.1, 0.15) is 34.0 Å². The highest BCUT2D eigenvalue weighted by Gasteiger charge is 2.25. The zero-order chi connectivity index (χ0) is 29.1. The second-order valence-corrected chi connectivity index (χ2v) is 10.4. The number of rotatable bonds is 7. The Balaban J connectivity index is 0.000000554. The first-order valence-corrected chi connectivity index (χ1v) is 12.3. The summed E-state index contributed by atoms with van der Waals surface area (Å²) in [4.78, 5) is 34.9. The predicted octanol–water partition coefficient (Wildman–Crippen LogP) is 4.17. The van der Waals surface area contributed by atoms with Crippen LogP contribution in [0, 0.1) is 12.7 Å². The van der Waals surface area contributed by atoms with Gasteiger partial charge in [-0.2, -0.15) is 0 Å². The van der Waals surface area contributed by atoms with Crippen LogP contribution in [0.2, 0.25) is 5.02 Å². The van der Waals surface area contributed by atoms with Crippen LogP contribution in [0.5, 0.6) is 0 Å². The molecule has 5 N–H and O–H groups in total. The molecule has 0 fully saturated rings. The highest BCUT2D eigenvalue weighted by molar-refractivity contribution is 6.33. The number of aryl methyl sites for hydroxylation is 1. The molecule has 0 unspecified atom stereocenters. The lowest BCUT2D eigenvalue weighted by atomic mass is 10.0. The number of alkyl carbamates (subject to hydrolysis) is 2. The molecule has 0 saturated heterocycles. The number of aromatic nitrogens is 1. The maximum Gasteiger partial charge on any atom is 0.407 e. The van der Waals surface area contributed by atoms with Gasteiger partial charge in [-0.25, -0.2) is 14.0 Å². The molecule has 1 aromatic carbocycles. The van der Waals surface area contributed by atoms with Gasteiger partial charge in [0, 0.05) is 26.2 Å². The second-order valence-electron chi connectivity index (χ2n) is 9.96. The van der Waals surface area contributed by atoms with Crippen molar-refractivity contribution >= 4 is 29.7 Å². The third-order valence-corrected chi connectivity index (χ3v) is 4.50. The van der Waals surface area contributed by atoms with E-state index in [1.165, 1.54) is 18.2 Å². The van der Waals surface area contributed by atoms with E-state index in [2.05, 4.69) is 21.1 Å². The van der Waals surface area contributed by atoms with Crippen LogP contribution in [0.3, 0.4) is 0 Å². The van der Waals surface area contributed by atoms with Crippen molar-refractivity contribution in [3.05, 3.63) is 40.4 Å². The molecule has 0 aliphatic heterocycles. The van der Waals surface area contributed by atoms with Gasteiger partial charge < -0.3 is 35.7 Å². The molecule has 38 heavy (non-hydrogen) atoms. The number of halogens is 2. The summed E-state index contributed by atoms with van der Waals surface area (Å²) in [7, 11) is 0. The largest absolute Gasteiger partial charge is 0.444 e. The Morgan fingerprint density at radius 2 is 1.50 bits per heavy atom. The second kappa shape index (κ2) is 14.5.